The molecule has 1 aliphatic heterocycles. The Morgan fingerprint density at radius 2 is 1.79 bits per heavy atom. The lowest BCUT2D eigenvalue weighted by molar-refractivity contribution is 0.336. The summed E-state index contributed by atoms with van der Waals surface area (Å²) in [5.41, 5.74) is 0. The van der Waals surface area contributed by atoms with Gasteiger partial charge in [-0.1, -0.05) is 45.4 Å². The van der Waals surface area contributed by atoms with Crippen molar-refractivity contribution in [2.24, 2.45) is 4.99 Å². The first-order chi connectivity index (χ1) is 6.93. The largest absolute Gasteiger partial charge is 0.479 e. The highest BCUT2D eigenvalue weighted by molar-refractivity contribution is 5.77. The zero-order chi connectivity index (χ0) is 10.1. The number of rotatable bonds is 8. The Morgan fingerprint density at radius 3 is 2.43 bits per heavy atom. The fourth-order valence-electron chi connectivity index (χ4n) is 1.76. The fourth-order valence-corrected chi connectivity index (χ4v) is 1.76. The third kappa shape index (κ3) is 5.25. The van der Waals surface area contributed by atoms with Crippen molar-refractivity contribution >= 4 is 5.90 Å². The summed E-state index contributed by atoms with van der Waals surface area (Å²) in [4.78, 5) is 4.28. The number of nitrogens with zero attached hydrogens (tertiary/aromatic N) is 1. The van der Waals surface area contributed by atoms with Crippen LogP contribution in [0.3, 0.4) is 0 Å². The molecule has 0 N–H and O–H groups in total. The van der Waals surface area contributed by atoms with Crippen molar-refractivity contribution in [2.75, 3.05) is 13.2 Å². The first-order valence-electron chi connectivity index (χ1n) is 6.09. The van der Waals surface area contributed by atoms with E-state index < -0.39 is 0 Å². The molecule has 0 amide bonds. The van der Waals surface area contributed by atoms with Crippen molar-refractivity contribution in [3.8, 4) is 0 Å². The zero-order valence-corrected chi connectivity index (χ0v) is 9.43. The molecule has 2 heteroatoms. The predicted octanol–water partition coefficient (Wildman–Crippen LogP) is 3.56. The van der Waals surface area contributed by atoms with Crippen molar-refractivity contribution in [1.82, 2.24) is 0 Å². The summed E-state index contributed by atoms with van der Waals surface area (Å²) >= 11 is 0. The van der Waals surface area contributed by atoms with E-state index in [0.717, 1.165) is 25.5 Å². The van der Waals surface area contributed by atoms with Gasteiger partial charge in [0, 0.05) is 6.42 Å². The van der Waals surface area contributed by atoms with Crippen molar-refractivity contribution in [2.45, 2.75) is 58.3 Å². The van der Waals surface area contributed by atoms with Crippen LogP contribution in [0.25, 0.3) is 0 Å². The number of hydrogen-bond donors (Lipinski definition) is 0. The SMILES string of the molecule is CCCCCCCCCC1=NCCO1. The van der Waals surface area contributed by atoms with Crippen molar-refractivity contribution < 1.29 is 4.74 Å². The molecule has 0 saturated carbocycles. The second-order valence-corrected chi connectivity index (χ2v) is 4.00. The van der Waals surface area contributed by atoms with E-state index in [-0.39, 0.29) is 0 Å². The molecule has 0 aromatic rings. The van der Waals surface area contributed by atoms with Crippen LogP contribution in [0.15, 0.2) is 4.99 Å². The van der Waals surface area contributed by atoms with Gasteiger partial charge >= 0.3 is 0 Å². The first-order valence-corrected chi connectivity index (χ1v) is 6.09. The molecule has 0 spiro atoms. The minimum atomic E-state index is 0.811. The molecule has 0 bridgehead atoms. The molecule has 0 saturated heterocycles. The first kappa shape index (κ1) is 11.5. The third-order valence-electron chi connectivity index (χ3n) is 2.64. The Hall–Kier alpha value is -0.530. The molecular weight excluding hydrogens is 174 g/mol. The third-order valence-corrected chi connectivity index (χ3v) is 2.64. The van der Waals surface area contributed by atoms with E-state index >= 15 is 0 Å². The van der Waals surface area contributed by atoms with Crippen LogP contribution in [0.4, 0.5) is 0 Å². The van der Waals surface area contributed by atoms with Crippen LogP contribution in [0.1, 0.15) is 58.3 Å². The van der Waals surface area contributed by atoms with Crippen LogP contribution in [0.2, 0.25) is 0 Å². The molecule has 0 aromatic carbocycles. The van der Waals surface area contributed by atoms with E-state index in [9.17, 15) is 0 Å². The molecular formula is C12H23NO. The van der Waals surface area contributed by atoms with Crippen molar-refractivity contribution in [3.63, 3.8) is 0 Å². The van der Waals surface area contributed by atoms with Gasteiger partial charge in [-0.2, -0.15) is 0 Å². The Balaban J connectivity index is 1.80. The highest BCUT2D eigenvalue weighted by atomic mass is 16.5. The van der Waals surface area contributed by atoms with Gasteiger partial charge in [0.15, 0.2) is 5.90 Å². The van der Waals surface area contributed by atoms with E-state index in [1.165, 1.54) is 44.9 Å². The standard InChI is InChI=1S/C12H23NO/c1-2-3-4-5-6-7-8-9-12-13-10-11-14-12/h2-11H2,1H3. The van der Waals surface area contributed by atoms with E-state index in [1.807, 2.05) is 0 Å². The van der Waals surface area contributed by atoms with Gasteiger partial charge in [-0.15, -0.1) is 0 Å². The molecule has 0 unspecified atom stereocenters. The van der Waals surface area contributed by atoms with Crippen LogP contribution in [0, 0.1) is 0 Å². The summed E-state index contributed by atoms with van der Waals surface area (Å²) in [6, 6.07) is 0. The Labute approximate surface area is 87.8 Å². The average molecular weight is 197 g/mol. The highest BCUT2D eigenvalue weighted by Gasteiger charge is 2.05. The smallest absolute Gasteiger partial charge is 0.183 e. The lowest BCUT2D eigenvalue weighted by atomic mass is 10.1. The lowest BCUT2D eigenvalue weighted by Gasteiger charge is -2.01. The zero-order valence-electron chi connectivity index (χ0n) is 9.43. The molecule has 14 heavy (non-hydrogen) atoms. The number of hydrogen-bond acceptors (Lipinski definition) is 2. The normalized spacial score (nSPS) is 15.4. The summed E-state index contributed by atoms with van der Waals surface area (Å²) in [5.74, 6) is 0.999. The fraction of sp³-hybridized carbons (Fsp3) is 0.917. The van der Waals surface area contributed by atoms with Crippen LogP contribution in [0.5, 0.6) is 0 Å². The van der Waals surface area contributed by atoms with Crippen LogP contribution >= 0.6 is 0 Å². The molecule has 1 rings (SSSR count). The summed E-state index contributed by atoms with van der Waals surface area (Å²) in [6.45, 7) is 3.95. The Morgan fingerprint density at radius 1 is 1.07 bits per heavy atom. The van der Waals surface area contributed by atoms with Gasteiger partial charge in [0.25, 0.3) is 0 Å². The van der Waals surface area contributed by atoms with E-state index in [1.54, 1.807) is 0 Å². The van der Waals surface area contributed by atoms with Gasteiger partial charge in [0.05, 0.1) is 6.54 Å². The molecule has 0 aromatic heterocycles. The predicted molar refractivity (Wildman–Crippen MR) is 60.9 cm³/mol. The highest BCUT2D eigenvalue weighted by Crippen LogP contribution is 2.10. The molecule has 0 aliphatic carbocycles. The molecule has 1 aliphatic rings. The van der Waals surface area contributed by atoms with E-state index in [0.29, 0.717) is 0 Å². The average Bonchev–Trinajstić information content (AvgIpc) is 2.69. The molecule has 0 atom stereocenters. The molecule has 0 radical (unpaired) electrons. The minimum absolute atomic E-state index is 0.811. The minimum Gasteiger partial charge on any atom is -0.479 e. The maximum atomic E-state index is 5.35. The van der Waals surface area contributed by atoms with Gasteiger partial charge in [-0.25, -0.2) is 0 Å². The van der Waals surface area contributed by atoms with Gasteiger partial charge in [0.1, 0.15) is 6.61 Å². The van der Waals surface area contributed by atoms with Gasteiger partial charge in [0.2, 0.25) is 0 Å². The second kappa shape index (κ2) is 7.84. The van der Waals surface area contributed by atoms with Crippen LogP contribution in [-0.4, -0.2) is 19.0 Å². The maximum absolute atomic E-state index is 5.35. The monoisotopic (exact) mass is 197 g/mol. The molecule has 1 heterocycles. The second-order valence-electron chi connectivity index (χ2n) is 4.00. The van der Waals surface area contributed by atoms with Gasteiger partial charge < -0.3 is 4.74 Å². The number of aliphatic imine (C=N–C) groups is 1. The quantitative estimate of drug-likeness (QED) is 0.545. The molecule has 2 nitrogen and oxygen atoms in total. The van der Waals surface area contributed by atoms with Crippen molar-refractivity contribution in [3.05, 3.63) is 0 Å². The number of ether oxygens (including phenoxy) is 1. The number of unbranched alkanes of at least 4 members (excludes halogenated alkanes) is 6. The lowest BCUT2D eigenvalue weighted by Crippen LogP contribution is -1.98. The van der Waals surface area contributed by atoms with E-state index in [4.69, 9.17) is 4.74 Å². The van der Waals surface area contributed by atoms with E-state index in [2.05, 4.69) is 11.9 Å². The Kier molecular flexibility index (Phi) is 6.46. The topological polar surface area (TPSA) is 21.6 Å². The van der Waals surface area contributed by atoms with Gasteiger partial charge in [-0.3, -0.25) is 4.99 Å². The summed E-state index contributed by atoms with van der Waals surface area (Å²) in [5, 5.41) is 0. The summed E-state index contributed by atoms with van der Waals surface area (Å²) in [6.07, 6.45) is 10.6. The summed E-state index contributed by atoms with van der Waals surface area (Å²) < 4.78 is 5.35. The van der Waals surface area contributed by atoms with Crippen LogP contribution < -0.4 is 0 Å². The summed E-state index contributed by atoms with van der Waals surface area (Å²) in [7, 11) is 0. The molecule has 0 fully saturated rings. The van der Waals surface area contributed by atoms with Crippen LogP contribution in [-0.2, 0) is 4.74 Å². The molecule has 82 valence electrons. The Bertz CT molecular complexity index is 166. The van der Waals surface area contributed by atoms with Gasteiger partial charge in [-0.05, 0) is 6.42 Å². The van der Waals surface area contributed by atoms with Crippen molar-refractivity contribution in [1.29, 1.82) is 0 Å². The maximum Gasteiger partial charge on any atom is 0.183 e.